The number of phenolic OH excluding ortho intramolecular Hbond substituents is 1. The zero-order valence-electron chi connectivity index (χ0n) is 22.0. The highest BCUT2D eigenvalue weighted by Gasteiger charge is 2.76. The maximum atomic E-state index is 15.2. The van der Waals surface area contributed by atoms with Crippen LogP contribution in [-0.4, -0.2) is 75.8 Å². The van der Waals surface area contributed by atoms with E-state index in [1.54, 1.807) is 30.3 Å². The number of aromatic hydroxyl groups is 1. The number of quaternary nitrogens is 1. The maximum absolute atomic E-state index is 15.2. The summed E-state index contributed by atoms with van der Waals surface area (Å²) in [4.78, 5) is 39.3. The van der Waals surface area contributed by atoms with E-state index in [9.17, 15) is 37.8 Å². The van der Waals surface area contributed by atoms with Crippen LogP contribution in [-0.2, 0) is 16.0 Å². The quantitative estimate of drug-likeness (QED) is 0.286. The van der Waals surface area contributed by atoms with Gasteiger partial charge in [-0.25, -0.2) is 9.28 Å². The summed E-state index contributed by atoms with van der Waals surface area (Å²) in [7, 11) is 0. The number of hydrogen-bond acceptors (Lipinski definition) is 5. The van der Waals surface area contributed by atoms with Gasteiger partial charge >= 0.3 is 18.0 Å². The Bertz CT molecular complexity index is 1290. The molecule has 0 saturated carbocycles. The van der Waals surface area contributed by atoms with Crippen LogP contribution in [0.15, 0.2) is 48.5 Å². The third kappa shape index (κ3) is 5.80. The number of carbonyl (C=O) groups is 3. The number of amides is 3. The summed E-state index contributed by atoms with van der Waals surface area (Å²) in [6.45, 7) is -0.819. The molecule has 1 aliphatic rings. The molecular formula is C27H31F5N3O5+. The molecule has 1 saturated heterocycles. The summed E-state index contributed by atoms with van der Waals surface area (Å²) in [6.07, 6.45) is -7.96. The lowest BCUT2D eigenvalue weighted by atomic mass is 9.81. The summed E-state index contributed by atoms with van der Waals surface area (Å²) < 4.78 is 69.7. The van der Waals surface area contributed by atoms with Crippen molar-refractivity contribution in [3.63, 3.8) is 0 Å². The first kappa shape index (κ1) is 31.0. The van der Waals surface area contributed by atoms with Gasteiger partial charge in [0.05, 0.1) is 11.5 Å². The van der Waals surface area contributed by atoms with Gasteiger partial charge in [0.2, 0.25) is 0 Å². The monoisotopic (exact) mass is 572 g/mol. The molecule has 8 nitrogen and oxygen atoms in total. The minimum atomic E-state index is -5.21. The molecule has 1 aliphatic heterocycles. The third-order valence-corrected chi connectivity index (χ3v) is 7.57. The Labute approximate surface area is 227 Å². The lowest BCUT2D eigenvalue weighted by Crippen LogP contribution is -2.69. The number of alkyl halides is 5. The predicted octanol–water partition coefficient (Wildman–Crippen LogP) is 2.84. The first-order valence-electron chi connectivity index (χ1n) is 12.3. The molecule has 1 heterocycles. The summed E-state index contributed by atoms with van der Waals surface area (Å²) in [6, 6.07) is 8.05. The van der Waals surface area contributed by atoms with Gasteiger partial charge < -0.3 is 21.3 Å². The van der Waals surface area contributed by atoms with Crippen LogP contribution in [0, 0.1) is 12.3 Å². The fraction of sp³-hybridized carbons (Fsp3) is 0.444. The molecule has 3 rings (SSSR count). The second kappa shape index (κ2) is 10.8. The number of aliphatic hydroxyl groups excluding tert-OH is 1. The Morgan fingerprint density at radius 3 is 2.25 bits per heavy atom. The Hall–Kier alpha value is -3.58. The largest absolute Gasteiger partial charge is 0.508 e. The summed E-state index contributed by atoms with van der Waals surface area (Å²) in [5, 5.41) is 23.6. The number of nitrogens with two attached hydrogens (primary N) is 1. The Kier molecular flexibility index (Phi) is 8.33. The number of nitrogens with zero attached hydrogens (tertiary/aromatic N) is 1. The van der Waals surface area contributed by atoms with Crippen molar-refractivity contribution >= 4 is 17.7 Å². The normalized spacial score (nSPS) is 23.3. The number of rotatable bonds is 8. The van der Waals surface area contributed by atoms with Gasteiger partial charge in [-0.3, -0.25) is 9.59 Å². The summed E-state index contributed by atoms with van der Waals surface area (Å²) >= 11 is 0. The number of likely N-dealkylation sites (tertiary alicyclic amines) is 1. The van der Waals surface area contributed by atoms with Gasteiger partial charge in [0.15, 0.2) is 25.2 Å². The van der Waals surface area contributed by atoms with Gasteiger partial charge in [0.1, 0.15) is 5.75 Å². The molecule has 2 aromatic carbocycles. The van der Waals surface area contributed by atoms with Crippen LogP contribution in [0.4, 0.5) is 22.0 Å². The topological polar surface area (TPSA) is 130 Å². The van der Waals surface area contributed by atoms with E-state index in [0.717, 1.165) is 13.8 Å². The molecule has 40 heavy (non-hydrogen) atoms. The van der Waals surface area contributed by atoms with Crippen LogP contribution >= 0.6 is 0 Å². The van der Waals surface area contributed by atoms with Crippen molar-refractivity contribution in [2.45, 2.75) is 57.5 Å². The van der Waals surface area contributed by atoms with Crippen molar-refractivity contribution in [1.29, 1.82) is 0 Å². The van der Waals surface area contributed by atoms with Crippen LogP contribution in [0.5, 0.6) is 5.75 Å². The number of benzene rings is 2. The fourth-order valence-electron chi connectivity index (χ4n) is 5.48. The molecular weight excluding hydrogens is 541 g/mol. The van der Waals surface area contributed by atoms with E-state index in [-0.39, 0.29) is 23.3 Å². The van der Waals surface area contributed by atoms with Crippen LogP contribution < -0.4 is 11.1 Å². The molecule has 4 atom stereocenters. The van der Waals surface area contributed by atoms with Crippen molar-refractivity contribution in [3.05, 3.63) is 65.2 Å². The Morgan fingerprint density at radius 1 is 1.10 bits per heavy atom. The van der Waals surface area contributed by atoms with Gasteiger partial charge in [0.25, 0.3) is 11.8 Å². The number of aliphatic hydroxyl groups is 1. The molecule has 0 bridgehead atoms. The van der Waals surface area contributed by atoms with Crippen molar-refractivity contribution in [3.8, 4) is 5.75 Å². The van der Waals surface area contributed by atoms with E-state index in [4.69, 9.17) is 5.73 Å². The van der Waals surface area contributed by atoms with E-state index in [2.05, 4.69) is 5.32 Å². The van der Waals surface area contributed by atoms with Gasteiger partial charge in [-0.2, -0.15) is 22.0 Å². The first-order valence-corrected chi connectivity index (χ1v) is 12.3. The van der Waals surface area contributed by atoms with Gasteiger partial charge in [-0.15, -0.1) is 0 Å². The van der Waals surface area contributed by atoms with Crippen LogP contribution in [0.25, 0.3) is 0 Å². The van der Waals surface area contributed by atoms with Crippen molar-refractivity contribution in [2.24, 2.45) is 11.1 Å². The van der Waals surface area contributed by atoms with Crippen LogP contribution in [0.2, 0.25) is 0 Å². The minimum Gasteiger partial charge on any atom is -0.508 e. The smallest absolute Gasteiger partial charge is 0.438 e. The molecule has 1 fully saturated rings. The standard InChI is InChI=1S/C27H30F5N3O5/c1-15-17(10-7-11-19(15)36)23(39)34-18(12-16-8-5-4-6-9-16)20(37)24(40)35(14-27(30,31)32)13-26(28,29)25(2,3)21(35)22(33)38/h4-11,18,20-21,37H,12-14H2,1-3H3,(H3-,33,34,36,38,39)/p+1/t18-,20-,21+,35?/m0/s1. The van der Waals surface area contributed by atoms with E-state index in [1.165, 1.54) is 25.1 Å². The van der Waals surface area contributed by atoms with Crippen LogP contribution in [0.1, 0.15) is 35.3 Å². The molecule has 0 aromatic heterocycles. The molecule has 218 valence electrons. The van der Waals surface area contributed by atoms with E-state index < -0.39 is 71.0 Å². The molecule has 5 N–H and O–H groups in total. The highest BCUT2D eigenvalue weighted by atomic mass is 19.4. The van der Waals surface area contributed by atoms with Gasteiger partial charge in [0, 0.05) is 11.1 Å². The third-order valence-electron chi connectivity index (χ3n) is 7.57. The average molecular weight is 573 g/mol. The molecule has 2 aromatic rings. The molecule has 13 heteroatoms. The summed E-state index contributed by atoms with van der Waals surface area (Å²) in [5.41, 5.74) is 3.40. The number of carbonyl (C=O) groups excluding carboxylic acids is 3. The van der Waals surface area contributed by atoms with Gasteiger partial charge in [-0.05, 0) is 44.9 Å². The Balaban J connectivity index is 2.11. The SMILES string of the molecule is Cc1c(O)cccc1C(=O)N[C@@H](Cc1ccccc1)[C@H](O)C(=O)[N+]1(CC(F)(F)F)CC(F)(F)C(C)(C)[C@H]1C(N)=O. The molecule has 1 unspecified atom stereocenters. The lowest BCUT2D eigenvalue weighted by Gasteiger charge is -2.40. The van der Waals surface area contributed by atoms with E-state index in [1.807, 2.05) is 0 Å². The Morgan fingerprint density at radius 2 is 1.70 bits per heavy atom. The molecule has 0 spiro atoms. The second-order valence-corrected chi connectivity index (χ2v) is 10.7. The second-order valence-electron chi connectivity index (χ2n) is 10.7. The number of nitrogens with one attached hydrogen (secondary N) is 1. The molecule has 3 amide bonds. The van der Waals surface area contributed by atoms with Gasteiger partial charge in [-0.1, -0.05) is 36.4 Å². The number of primary amides is 1. The lowest BCUT2D eigenvalue weighted by molar-refractivity contribution is -0.875. The maximum Gasteiger partial charge on any atom is 0.438 e. The summed E-state index contributed by atoms with van der Waals surface area (Å²) in [5.74, 6) is -8.37. The molecule has 0 radical (unpaired) electrons. The number of halogens is 5. The van der Waals surface area contributed by atoms with Crippen molar-refractivity contribution < 1.29 is 51.0 Å². The predicted molar refractivity (Wildman–Crippen MR) is 133 cm³/mol. The van der Waals surface area contributed by atoms with E-state index >= 15 is 8.78 Å². The van der Waals surface area contributed by atoms with E-state index in [0.29, 0.717) is 5.56 Å². The highest BCUT2D eigenvalue weighted by Crippen LogP contribution is 2.53. The average Bonchev–Trinajstić information content (AvgIpc) is 2.99. The number of phenols is 1. The zero-order chi connectivity index (χ0) is 30.3. The van der Waals surface area contributed by atoms with Crippen LogP contribution in [0.3, 0.4) is 0 Å². The zero-order valence-corrected chi connectivity index (χ0v) is 22.0. The minimum absolute atomic E-state index is 0.0549. The van der Waals surface area contributed by atoms with Crippen molar-refractivity contribution in [2.75, 3.05) is 13.1 Å². The highest BCUT2D eigenvalue weighted by molar-refractivity contribution is 5.97. The van der Waals surface area contributed by atoms with Crippen molar-refractivity contribution in [1.82, 2.24) is 5.32 Å². The first-order chi connectivity index (χ1) is 18.3. The fourth-order valence-corrected chi connectivity index (χ4v) is 5.48. The molecule has 0 aliphatic carbocycles. The number of hydrogen-bond donors (Lipinski definition) is 4.